The zero-order chi connectivity index (χ0) is 20.3. The van der Waals surface area contributed by atoms with Gasteiger partial charge in [-0.1, -0.05) is 48.5 Å². The Hall–Kier alpha value is -3.14. The van der Waals surface area contributed by atoms with Crippen molar-refractivity contribution in [1.82, 2.24) is 4.72 Å². The van der Waals surface area contributed by atoms with Gasteiger partial charge in [-0.2, -0.15) is 5.26 Å². The highest BCUT2D eigenvalue weighted by atomic mass is 32.2. The number of nitrogens with one attached hydrogen (secondary N) is 1. The van der Waals surface area contributed by atoms with Gasteiger partial charge in [-0.05, 0) is 47.9 Å². The zero-order valence-corrected chi connectivity index (χ0v) is 16.6. The van der Waals surface area contributed by atoms with Crippen LogP contribution in [0.4, 0.5) is 5.69 Å². The van der Waals surface area contributed by atoms with Crippen LogP contribution < -0.4 is 9.62 Å². The van der Waals surface area contributed by atoms with E-state index in [0.29, 0.717) is 25.1 Å². The maximum absolute atomic E-state index is 12.8. The highest BCUT2D eigenvalue weighted by Gasteiger charge is 2.28. The van der Waals surface area contributed by atoms with Gasteiger partial charge >= 0.3 is 0 Å². The summed E-state index contributed by atoms with van der Waals surface area (Å²) in [5, 5.41) is 9.27. The molecule has 0 unspecified atom stereocenters. The van der Waals surface area contributed by atoms with Crippen LogP contribution in [-0.2, 0) is 23.0 Å². The fourth-order valence-corrected chi connectivity index (χ4v) is 4.99. The molecule has 0 radical (unpaired) electrons. The molecule has 1 N–H and O–H groups in total. The smallest absolute Gasteiger partial charge is 0.240 e. The van der Waals surface area contributed by atoms with E-state index in [1.54, 1.807) is 30.3 Å². The lowest BCUT2D eigenvalue weighted by Crippen LogP contribution is -2.48. The summed E-state index contributed by atoms with van der Waals surface area (Å²) >= 11 is 0. The van der Waals surface area contributed by atoms with Crippen LogP contribution in [0.1, 0.15) is 16.7 Å². The van der Waals surface area contributed by atoms with Crippen molar-refractivity contribution in [3.8, 4) is 6.07 Å². The molecule has 3 aromatic rings. The normalized spacial score (nSPS) is 16.1. The lowest BCUT2D eigenvalue weighted by Gasteiger charge is -2.36. The second-order valence-electron chi connectivity index (χ2n) is 7.16. The summed E-state index contributed by atoms with van der Waals surface area (Å²) in [6.07, 6.45) is 0.544. The summed E-state index contributed by atoms with van der Waals surface area (Å²) in [6, 6.07) is 26.0. The maximum Gasteiger partial charge on any atom is 0.240 e. The zero-order valence-electron chi connectivity index (χ0n) is 15.8. The maximum atomic E-state index is 12.8. The van der Waals surface area contributed by atoms with Gasteiger partial charge in [0.05, 0.1) is 16.5 Å². The average molecular weight is 404 g/mol. The molecule has 1 aliphatic heterocycles. The van der Waals surface area contributed by atoms with Crippen LogP contribution in [0.25, 0.3) is 0 Å². The Labute approximate surface area is 171 Å². The van der Waals surface area contributed by atoms with Gasteiger partial charge in [0.2, 0.25) is 10.0 Å². The van der Waals surface area contributed by atoms with Crippen LogP contribution in [0.3, 0.4) is 0 Å². The van der Waals surface area contributed by atoms with Crippen LogP contribution in [0.15, 0.2) is 83.8 Å². The number of hydrogen-bond acceptors (Lipinski definition) is 4. The minimum absolute atomic E-state index is 0.256. The Kier molecular flexibility index (Phi) is 5.34. The lowest BCUT2D eigenvalue weighted by molar-refractivity contribution is 0.524. The Morgan fingerprint density at radius 1 is 1.00 bits per heavy atom. The number of nitriles is 1. The molecule has 0 fully saturated rings. The summed E-state index contributed by atoms with van der Waals surface area (Å²) < 4.78 is 28.5. The predicted molar refractivity (Wildman–Crippen MR) is 113 cm³/mol. The molecule has 1 aliphatic rings. The minimum atomic E-state index is -3.62. The molecule has 0 aliphatic carbocycles. The standard InChI is InChI=1S/C23H21N3O2S/c24-15-19-11-12-23-20(13-19)14-21(17-26(23)16-18-7-3-1-4-8-18)25-29(27,28)22-9-5-2-6-10-22/h1-13,21,25H,14,16-17H2/t21-/m1/s1. The monoisotopic (exact) mass is 403 g/mol. The SMILES string of the molecule is N#Cc1ccc2c(c1)C[C@@H](NS(=O)(=O)c1ccccc1)CN2Cc1ccccc1. The third kappa shape index (κ3) is 4.32. The topological polar surface area (TPSA) is 73.2 Å². The third-order valence-corrected chi connectivity index (χ3v) is 6.58. The number of sulfonamides is 1. The van der Waals surface area contributed by atoms with Crippen molar-refractivity contribution < 1.29 is 8.42 Å². The Morgan fingerprint density at radius 3 is 2.38 bits per heavy atom. The summed E-state index contributed by atoms with van der Waals surface area (Å²) in [5.41, 5.74) is 3.75. The van der Waals surface area contributed by atoms with Gasteiger partial charge in [0.15, 0.2) is 0 Å². The van der Waals surface area contributed by atoms with Crippen molar-refractivity contribution in [2.75, 3.05) is 11.4 Å². The number of hydrogen-bond donors (Lipinski definition) is 1. The molecule has 29 heavy (non-hydrogen) atoms. The molecular formula is C23H21N3O2S. The molecule has 0 saturated carbocycles. The molecule has 146 valence electrons. The first-order valence-corrected chi connectivity index (χ1v) is 10.9. The van der Waals surface area contributed by atoms with Gasteiger partial charge in [-0.25, -0.2) is 13.1 Å². The van der Waals surface area contributed by atoms with Crippen molar-refractivity contribution in [1.29, 1.82) is 5.26 Å². The first-order chi connectivity index (χ1) is 14.0. The van der Waals surface area contributed by atoms with Crippen molar-refractivity contribution >= 4 is 15.7 Å². The van der Waals surface area contributed by atoms with Crippen LogP contribution in [-0.4, -0.2) is 21.0 Å². The highest BCUT2D eigenvalue weighted by Crippen LogP contribution is 2.30. The van der Waals surface area contributed by atoms with Crippen LogP contribution in [0.5, 0.6) is 0 Å². The van der Waals surface area contributed by atoms with E-state index in [0.717, 1.165) is 16.8 Å². The first kappa shape index (κ1) is 19.2. The van der Waals surface area contributed by atoms with E-state index in [1.807, 2.05) is 36.4 Å². The molecule has 6 heteroatoms. The molecule has 3 aromatic carbocycles. The quantitative estimate of drug-likeness (QED) is 0.708. The number of anilines is 1. The number of fused-ring (bicyclic) bond motifs is 1. The van der Waals surface area contributed by atoms with Gasteiger partial charge < -0.3 is 4.90 Å². The number of nitrogens with zero attached hydrogens (tertiary/aromatic N) is 2. The van der Waals surface area contributed by atoms with E-state index in [4.69, 9.17) is 0 Å². The summed E-state index contributed by atoms with van der Waals surface area (Å²) in [7, 11) is -3.62. The lowest BCUT2D eigenvalue weighted by atomic mass is 9.96. The van der Waals surface area contributed by atoms with Gasteiger partial charge in [0, 0.05) is 24.8 Å². The molecule has 0 aromatic heterocycles. The second-order valence-corrected chi connectivity index (χ2v) is 8.87. The predicted octanol–water partition coefficient (Wildman–Crippen LogP) is 3.47. The fourth-order valence-electron chi connectivity index (χ4n) is 3.74. The van der Waals surface area contributed by atoms with E-state index < -0.39 is 10.0 Å². The minimum Gasteiger partial charge on any atom is -0.365 e. The molecule has 4 rings (SSSR count). The molecule has 1 heterocycles. The average Bonchev–Trinajstić information content (AvgIpc) is 2.74. The van der Waals surface area contributed by atoms with E-state index in [9.17, 15) is 13.7 Å². The number of benzene rings is 3. The third-order valence-electron chi connectivity index (χ3n) is 5.05. The van der Waals surface area contributed by atoms with Gasteiger partial charge in [-0.15, -0.1) is 0 Å². The van der Waals surface area contributed by atoms with Gasteiger partial charge in [0.25, 0.3) is 0 Å². The van der Waals surface area contributed by atoms with E-state index >= 15 is 0 Å². The molecule has 1 atom stereocenters. The molecule has 0 bridgehead atoms. The molecular weight excluding hydrogens is 382 g/mol. The Bertz CT molecular complexity index is 1140. The molecule has 0 spiro atoms. The van der Waals surface area contributed by atoms with Gasteiger partial charge in [-0.3, -0.25) is 0 Å². The Balaban J connectivity index is 1.64. The largest absolute Gasteiger partial charge is 0.365 e. The highest BCUT2D eigenvalue weighted by molar-refractivity contribution is 7.89. The fraction of sp³-hybridized carbons (Fsp3) is 0.174. The summed E-state index contributed by atoms with van der Waals surface area (Å²) in [4.78, 5) is 2.43. The first-order valence-electron chi connectivity index (χ1n) is 9.44. The van der Waals surface area contributed by atoms with E-state index in [-0.39, 0.29) is 10.9 Å². The summed E-state index contributed by atoms with van der Waals surface area (Å²) in [6.45, 7) is 1.23. The van der Waals surface area contributed by atoms with Crippen molar-refractivity contribution in [2.45, 2.75) is 23.9 Å². The Morgan fingerprint density at radius 2 is 1.69 bits per heavy atom. The molecule has 0 amide bonds. The van der Waals surface area contributed by atoms with Crippen LogP contribution in [0.2, 0.25) is 0 Å². The van der Waals surface area contributed by atoms with Crippen molar-refractivity contribution in [3.05, 3.63) is 95.6 Å². The number of rotatable bonds is 5. The van der Waals surface area contributed by atoms with Gasteiger partial charge in [0.1, 0.15) is 0 Å². The molecule has 0 saturated heterocycles. The van der Waals surface area contributed by atoms with E-state index in [1.165, 1.54) is 0 Å². The second kappa shape index (κ2) is 8.08. The van der Waals surface area contributed by atoms with Crippen molar-refractivity contribution in [3.63, 3.8) is 0 Å². The molecule has 5 nitrogen and oxygen atoms in total. The van der Waals surface area contributed by atoms with Crippen molar-refractivity contribution in [2.24, 2.45) is 0 Å². The van der Waals surface area contributed by atoms with Crippen LogP contribution >= 0.6 is 0 Å². The summed E-state index contributed by atoms with van der Waals surface area (Å²) in [5.74, 6) is 0. The van der Waals surface area contributed by atoms with E-state index in [2.05, 4.69) is 27.8 Å². The van der Waals surface area contributed by atoms with Crippen LogP contribution in [0, 0.1) is 11.3 Å².